The maximum Gasteiger partial charge on any atom is 0.0439 e. The first kappa shape index (κ1) is 11.3. The average Bonchev–Trinajstić information content (AvgIpc) is 2.16. The zero-order valence-corrected chi connectivity index (χ0v) is 9.81. The fraction of sp³-hybridized carbons (Fsp3) is 0.385. The van der Waals surface area contributed by atoms with E-state index in [1.807, 2.05) is 0 Å². The van der Waals surface area contributed by atoms with Gasteiger partial charge in [0.25, 0.3) is 0 Å². The van der Waals surface area contributed by atoms with Gasteiger partial charge in [-0.2, -0.15) is 0 Å². The molecule has 0 aliphatic carbocycles. The molecular formula is C13H17Cl. The predicted molar refractivity (Wildman–Crippen MR) is 64.7 cm³/mol. The van der Waals surface area contributed by atoms with Gasteiger partial charge in [-0.3, -0.25) is 0 Å². The van der Waals surface area contributed by atoms with Gasteiger partial charge in [-0.1, -0.05) is 55.3 Å². The molecule has 0 fully saturated rings. The van der Waals surface area contributed by atoms with Gasteiger partial charge in [0.1, 0.15) is 0 Å². The minimum atomic E-state index is 0.522. The van der Waals surface area contributed by atoms with Crippen LogP contribution in [0.1, 0.15) is 25.0 Å². The van der Waals surface area contributed by atoms with Crippen LogP contribution in [0.25, 0.3) is 6.08 Å². The van der Waals surface area contributed by atoms with Crippen molar-refractivity contribution in [1.82, 2.24) is 0 Å². The summed E-state index contributed by atoms with van der Waals surface area (Å²) in [4.78, 5) is 0. The summed E-state index contributed by atoms with van der Waals surface area (Å²) in [6, 6.07) is 8.50. The first-order valence-corrected chi connectivity index (χ1v) is 5.50. The van der Waals surface area contributed by atoms with E-state index in [1.54, 1.807) is 0 Å². The van der Waals surface area contributed by atoms with Gasteiger partial charge in [0.05, 0.1) is 0 Å². The second-order valence-electron chi connectivity index (χ2n) is 3.92. The molecule has 0 unspecified atom stereocenters. The highest BCUT2D eigenvalue weighted by Gasteiger charge is 2.01. The Hall–Kier alpha value is -0.750. The lowest BCUT2D eigenvalue weighted by molar-refractivity contribution is 0.778. The van der Waals surface area contributed by atoms with Crippen LogP contribution in [0.2, 0.25) is 0 Å². The van der Waals surface area contributed by atoms with Crippen LogP contribution in [0.3, 0.4) is 0 Å². The second-order valence-corrected chi connectivity index (χ2v) is 4.19. The molecule has 0 saturated heterocycles. The van der Waals surface area contributed by atoms with Crippen molar-refractivity contribution in [1.29, 1.82) is 0 Å². The van der Waals surface area contributed by atoms with Crippen LogP contribution in [0, 0.1) is 12.8 Å². The standard InChI is InChI=1S/C13H17Cl/c1-10(2)13(9-14)8-12-6-4-11(3)5-7-12/h4-8,10H,9H2,1-3H3. The highest BCUT2D eigenvalue weighted by atomic mass is 35.5. The van der Waals surface area contributed by atoms with E-state index in [1.165, 1.54) is 16.7 Å². The number of hydrogen-bond acceptors (Lipinski definition) is 0. The van der Waals surface area contributed by atoms with Gasteiger partial charge >= 0.3 is 0 Å². The summed E-state index contributed by atoms with van der Waals surface area (Å²) in [6.45, 7) is 6.43. The molecule has 76 valence electrons. The number of rotatable bonds is 3. The van der Waals surface area contributed by atoms with Crippen LogP contribution in [0.5, 0.6) is 0 Å². The van der Waals surface area contributed by atoms with Crippen LogP contribution in [-0.4, -0.2) is 5.88 Å². The van der Waals surface area contributed by atoms with Gasteiger partial charge in [-0.05, 0) is 18.4 Å². The molecule has 1 rings (SSSR count). The molecule has 0 spiro atoms. The maximum atomic E-state index is 5.88. The lowest BCUT2D eigenvalue weighted by Crippen LogP contribution is -1.94. The Morgan fingerprint density at radius 1 is 1.29 bits per heavy atom. The second kappa shape index (κ2) is 5.21. The molecule has 0 aliphatic rings. The molecule has 0 heterocycles. The van der Waals surface area contributed by atoms with Crippen molar-refractivity contribution in [3.8, 4) is 0 Å². The zero-order chi connectivity index (χ0) is 10.6. The number of hydrogen-bond donors (Lipinski definition) is 0. The Morgan fingerprint density at radius 2 is 1.86 bits per heavy atom. The van der Waals surface area contributed by atoms with E-state index in [4.69, 9.17) is 11.6 Å². The van der Waals surface area contributed by atoms with Crippen LogP contribution in [0.15, 0.2) is 29.8 Å². The van der Waals surface area contributed by atoms with Crippen molar-refractivity contribution >= 4 is 17.7 Å². The topological polar surface area (TPSA) is 0 Å². The van der Waals surface area contributed by atoms with E-state index in [2.05, 4.69) is 51.1 Å². The third-order valence-corrected chi connectivity index (χ3v) is 2.63. The highest BCUT2D eigenvalue weighted by Crippen LogP contribution is 2.16. The molecule has 0 aliphatic heterocycles. The normalized spacial score (nSPS) is 12.2. The minimum absolute atomic E-state index is 0.522. The summed E-state index contributed by atoms with van der Waals surface area (Å²) < 4.78 is 0. The molecule has 14 heavy (non-hydrogen) atoms. The lowest BCUT2D eigenvalue weighted by atomic mass is 10.0. The predicted octanol–water partition coefficient (Wildman–Crippen LogP) is 4.27. The Kier molecular flexibility index (Phi) is 4.21. The Balaban J connectivity index is 2.89. The number of aryl methyl sites for hydroxylation is 1. The summed E-state index contributed by atoms with van der Waals surface area (Å²) in [5.74, 6) is 1.14. The van der Waals surface area contributed by atoms with Crippen molar-refractivity contribution in [2.24, 2.45) is 5.92 Å². The average molecular weight is 209 g/mol. The summed E-state index contributed by atoms with van der Waals surface area (Å²) >= 11 is 5.88. The Morgan fingerprint density at radius 3 is 2.29 bits per heavy atom. The molecular weight excluding hydrogens is 192 g/mol. The SMILES string of the molecule is Cc1ccc(C=C(CCl)C(C)C)cc1. The number of benzene rings is 1. The Bertz CT molecular complexity index is 307. The van der Waals surface area contributed by atoms with Crippen molar-refractivity contribution < 1.29 is 0 Å². The van der Waals surface area contributed by atoms with Gasteiger partial charge in [0.15, 0.2) is 0 Å². The number of halogens is 1. The van der Waals surface area contributed by atoms with Gasteiger partial charge in [0, 0.05) is 5.88 Å². The quantitative estimate of drug-likeness (QED) is 0.651. The van der Waals surface area contributed by atoms with Crippen LogP contribution >= 0.6 is 11.6 Å². The maximum absolute atomic E-state index is 5.88. The molecule has 0 radical (unpaired) electrons. The summed E-state index contributed by atoms with van der Waals surface area (Å²) in [7, 11) is 0. The fourth-order valence-corrected chi connectivity index (χ4v) is 1.62. The third-order valence-electron chi connectivity index (χ3n) is 2.33. The highest BCUT2D eigenvalue weighted by molar-refractivity contribution is 6.19. The monoisotopic (exact) mass is 208 g/mol. The van der Waals surface area contributed by atoms with Crippen molar-refractivity contribution in [3.63, 3.8) is 0 Å². The smallest absolute Gasteiger partial charge is 0.0439 e. The van der Waals surface area contributed by atoms with E-state index >= 15 is 0 Å². The van der Waals surface area contributed by atoms with Gasteiger partial charge < -0.3 is 0 Å². The molecule has 1 aromatic carbocycles. The zero-order valence-electron chi connectivity index (χ0n) is 9.05. The lowest BCUT2D eigenvalue weighted by Gasteiger charge is -2.07. The molecule has 0 atom stereocenters. The van der Waals surface area contributed by atoms with E-state index < -0.39 is 0 Å². The number of allylic oxidation sites excluding steroid dienone is 1. The molecule has 0 saturated carbocycles. The molecule has 0 aromatic heterocycles. The van der Waals surface area contributed by atoms with Gasteiger partial charge in [0.2, 0.25) is 0 Å². The largest absolute Gasteiger partial charge is 0.122 e. The Labute approximate surface area is 91.6 Å². The van der Waals surface area contributed by atoms with Gasteiger partial charge in [-0.25, -0.2) is 0 Å². The molecule has 0 bridgehead atoms. The molecule has 0 amide bonds. The summed E-state index contributed by atoms with van der Waals surface area (Å²) in [5.41, 5.74) is 3.81. The van der Waals surface area contributed by atoms with Crippen LogP contribution < -0.4 is 0 Å². The van der Waals surface area contributed by atoms with Crippen LogP contribution in [0.4, 0.5) is 0 Å². The van der Waals surface area contributed by atoms with E-state index in [0.717, 1.165) is 0 Å². The third kappa shape index (κ3) is 3.19. The van der Waals surface area contributed by atoms with Gasteiger partial charge in [-0.15, -0.1) is 11.6 Å². The molecule has 0 N–H and O–H groups in total. The fourth-order valence-electron chi connectivity index (χ4n) is 1.24. The minimum Gasteiger partial charge on any atom is -0.122 e. The summed E-state index contributed by atoms with van der Waals surface area (Å²) in [5, 5.41) is 0. The van der Waals surface area contributed by atoms with E-state index in [-0.39, 0.29) is 0 Å². The van der Waals surface area contributed by atoms with E-state index in [0.29, 0.717) is 11.8 Å². The van der Waals surface area contributed by atoms with Crippen LogP contribution in [-0.2, 0) is 0 Å². The molecule has 1 aromatic rings. The van der Waals surface area contributed by atoms with Crippen molar-refractivity contribution in [2.75, 3.05) is 5.88 Å². The first-order chi connectivity index (χ1) is 6.63. The van der Waals surface area contributed by atoms with E-state index in [9.17, 15) is 0 Å². The van der Waals surface area contributed by atoms with Crippen molar-refractivity contribution in [3.05, 3.63) is 41.0 Å². The van der Waals surface area contributed by atoms with Crippen molar-refractivity contribution in [2.45, 2.75) is 20.8 Å². The summed E-state index contributed by atoms with van der Waals surface area (Å²) in [6.07, 6.45) is 2.18. The number of alkyl halides is 1. The first-order valence-electron chi connectivity index (χ1n) is 4.96. The molecule has 0 nitrogen and oxygen atoms in total. The molecule has 1 heteroatoms.